The molecule has 1 unspecified atom stereocenters. The Morgan fingerprint density at radius 2 is 2.35 bits per heavy atom. The Morgan fingerprint density at radius 1 is 1.47 bits per heavy atom. The van der Waals surface area contributed by atoms with E-state index in [9.17, 15) is 4.39 Å². The predicted octanol–water partition coefficient (Wildman–Crippen LogP) is 2.97. The van der Waals surface area contributed by atoms with Crippen LogP contribution < -0.4 is 5.32 Å². The molecule has 0 saturated carbocycles. The Bertz CT molecular complexity index is 354. The van der Waals surface area contributed by atoms with Crippen LogP contribution in [0.3, 0.4) is 0 Å². The van der Waals surface area contributed by atoms with Gasteiger partial charge in [-0.1, -0.05) is 13.0 Å². The van der Waals surface area contributed by atoms with E-state index in [0.29, 0.717) is 0 Å². The van der Waals surface area contributed by atoms with Crippen molar-refractivity contribution in [1.29, 1.82) is 0 Å². The number of halogens is 1. The first kappa shape index (κ1) is 12.4. The first-order valence-corrected chi connectivity index (χ1v) is 6.46. The number of benzene rings is 1. The molecule has 3 heteroatoms. The molecule has 0 aliphatic carbocycles. The Labute approximate surface area is 103 Å². The molecule has 1 heterocycles. The predicted molar refractivity (Wildman–Crippen MR) is 69.7 cm³/mol. The fourth-order valence-corrected chi connectivity index (χ4v) is 2.45. The lowest BCUT2D eigenvalue weighted by Gasteiger charge is -2.30. The Morgan fingerprint density at radius 3 is 3.12 bits per heavy atom. The molecule has 0 spiro atoms. The quantitative estimate of drug-likeness (QED) is 0.864. The maximum atomic E-state index is 12.9. The standard InChI is InChI=1S/C14H21FN2/c1-12-4-3-8-17(11-12)9-7-16-14-6-2-5-13(15)10-14/h2,5-6,10,12,16H,3-4,7-9,11H2,1H3. The summed E-state index contributed by atoms with van der Waals surface area (Å²) in [6.45, 7) is 6.64. The molecule has 0 amide bonds. The highest BCUT2D eigenvalue weighted by atomic mass is 19.1. The fourth-order valence-electron chi connectivity index (χ4n) is 2.45. The van der Waals surface area contributed by atoms with Crippen LogP contribution in [0.5, 0.6) is 0 Å². The summed E-state index contributed by atoms with van der Waals surface area (Å²) in [4.78, 5) is 2.49. The van der Waals surface area contributed by atoms with Gasteiger partial charge in [-0.05, 0) is 43.5 Å². The number of hydrogen-bond acceptors (Lipinski definition) is 2. The first-order valence-electron chi connectivity index (χ1n) is 6.46. The molecule has 1 aromatic carbocycles. The molecular weight excluding hydrogens is 215 g/mol. The Hall–Kier alpha value is -1.09. The van der Waals surface area contributed by atoms with Gasteiger partial charge in [0, 0.05) is 25.3 Å². The minimum atomic E-state index is -0.179. The van der Waals surface area contributed by atoms with Gasteiger partial charge in [-0.15, -0.1) is 0 Å². The summed E-state index contributed by atoms with van der Waals surface area (Å²) in [5.41, 5.74) is 0.870. The van der Waals surface area contributed by atoms with Crippen molar-refractivity contribution in [3.8, 4) is 0 Å². The van der Waals surface area contributed by atoms with Gasteiger partial charge < -0.3 is 10.2 Å². The number of nitrogens with zero attached hydrogens (tertiary/aromatic N) is 1. The molecule has 0 radical (unpaired) electrons. The SMILES string of the molecule is CC1CCCN(CCNc2cccc(F)c2)C1. The third-order valence-corrected chi connectivity index (χ3v) is 3.32. The van der Waals surface area contributed by atoms with Crippen LogP contribution in [0.2, 0.25) is 0 Å². The third-order valence-electron chi connectivity index (χ3n) is 3.32. The summed E-state index contributed by atoms with van der Waals surface area (Å²) in [6, 6.07) is 6.65. The second kappa shape index (κ2) is 6.01. The second-order valence-electron chi connectivity index (χ2n) is 4.99. The highest BCUT2D eigenvalue weighted by Crippen LogP contribution is 2.15. The lowest BCUT2D eigenvalue weighted by molar-refractivity contribution is 0.190. The number of rotatable bonds is 4. The zero-order chi connectivity index (χ0) is 12.1. The fraction of sp³-hybridized carbons (Fsp3) is 0.571. The lowest BCUT2D eigenvalue weighted by atomic mass is 10.0. The average molecular weight is 236 g/mol. The minimum absolute atomic E-state index is 0.179. The topological polar surface area (TPSA) is 15.3 Å². The highest BCUT2D eigenvalue weighted by molar-refractivity contribution is 5.42. The van der Waals surface area contributed by atoms with Crippen LogP contribution in [0.25, 0.3) is 0 Å². The van der Waals surface area contributed by atoms with Crippen LogP contribution in [-0.4, -0.2) is 31.1 Å². The van der Waals surface area contributed by atoms with E-state index in [1.807, 2.05) is 6.07 Å². The van der Waals surface area contributed by atoms with E-state index < -0.39 is 0 Å². The molecular formula is C14H21FN2. The van der Waals surface area contributed by atoms with E-state index in [4.69, 9.17) is 0 Å². The molecule has 1 fully saturated rings. The molecule has 1 aromatic rings. The van der Waals surface area contributed by atoms with E-state index >= 15 is 0 Å². The van der Waals surface area contributed by atoms with Gasteiger partial charge in [0.2, 0.25) is 0 Å². The maximum absolute atomic E-state index is 12.9. The molecule has 2 nitrogen and oxygen atoms in total. The van der Waals surface area contributed by atoms with E-state index in [1.54, 1.807) is 12.1 Å². The summed E-state index contributed by atoms with van der Waals surface area (Å²) in [7, 11) is 0. The summed E-state index contributed by atoms with van der Waals surface area (Å²) < 4.78 is 12.9. The summed E-state index contributed by atoms with van der Waals surface area (Å²) in [5, 5.41) is 3.27. The van der Waals surface area contributed by atoms with Crippen molar-refractivity contribution in [1.82, 2.24) is 4.90 Å². The minimum Gasteiger partial charge on any atom is -0.384 e. The molecule has 0 aromatic heterocycles. The zero-order valence-electron chi connectivity index (χ0n) is 10.5. The summed E-state index contributed by atoms with van der Waals surface area (Å²) >= 11 is 0. The number of piperidine rings is 1. The van der Waals surface area contributed by atoms with Gasteiger partial charge in [-0.2, -0.15) is 0 Å². The van der Waals surface area contributed by atoms with E-state index in [2.05, 4.69) is 17.1 Å². The highest BCUT2D eigenvalue weighted by Gasteiger charge is 2.15. The van der Waals surface area contributed by atoms with Crippen molar-refractivity contribution < 1.29 is 4.39 Å². The van der Waals surface area contributed by atoms with Crippen molar-refractivity contribution in [3.63, 3.8) is 0 Å². The number of nitrogens with one attached hydrogen (secondary N) is 1. The van der Waals surface area contributed by atoms with E-state index in [-0.39, 0.29) is 5.82 Å². The second-order valence-corrected chi connectivity index (χ2v) is 4.99. The van der Waals surface area contributed by atoms with Crippen molar-refractivity contribution in [2.75, 3.05) is 31.5 Å². The number of likely N-dealkylation sites (tertiary alicyclic amines) is 1. The van der Waals surface area contributed by atoms with Gasteiger partial charge >= 0.3 is 0 Å². The van der Waals surface area contributed by atoms with Crippen molar-refractivity contribution in [3.05, 3.63) is 30.1 Å². The van der Waals surface area contributed by atoms with Gasteiger partial charge in [0.25, 0.3) is 0 Å². The Kier molecular flexibility index (Phi) is 4.37. The first-order chi connectivity index (χ1) is 8.24. The normalized spacial score (nSPS) is 21.4. The zero-order valence-corrected chi connectivity index (χ0v) is 10.5. The number of anilines is 1. The van der Waals surface area contributed by atoms with Crippen LogP contribution in [0, 0.1) is 11.7 Å². The van der Waals surface area contributed by atoms with Crippen LogP contribution >= 0.6 is 0 Å². The van der Waals surface area contributed by atoms with Crippen LogP contribution in [0.15, 0.2) is 24.3 Å². The van der Waals surface area contributed by atoms with Gasteiger partial charge in [0.15, 0.2) is 0 Å². The average Bonchev–Trinajstić information content (AvgIpc) is 2.29. The molecule has 1 aliphatic heterocycles. The smallest absolute Gasteiger partial charge is 0.125 e. The van der Waals surface area contributed by atoms with Crippen LogP contribution in [0.4, 0.5) is 10.1 Å². The van der Waals surface area contributed by atoms with E-state index in [1.165, 1.54) is 32.0 Å². The van der Waals surface area contributed by atoms with Crippen molar-refractivity contribution in [2.24, 2.45) is 5.92 Å². The third kappa shape index (κ3) is 4.00. The Balaban J connectivity index is 1.72. The maximum Gasteiger partial charge on any atom is 0.125 e. The van der Waals surface area contributed by atoms with Crippen LogP contribution in [-0.2, 0) is 0 Å². The molecule has 1 N–H and O–H groups in total. The molecule has 17 heavy (non-hydrogen) atoms. The molecule has 2 rings (SSSR count). The molecule has 1 aliphatic rings. The molecule has 0 bridgehead atoms. The monoisotopic (exact) mass is 236 g/mol. The van der Waals surface area contributed by atoms with Crippen molar-refractivity contribution in [2.45, 2.75) is 19.8 Å². The number of hydrogen-bond donors (Lipinski definition) is 1. The van der Waals surface area contributed by atoms with Crippen LogP contribution in [0.1, 0.15) is 19.8 Å². The largest absolute Gasteiger partial charge is 0.384 e. The molecule has 1 saturated heterocycles. The van der Waals surface area contributed by atoms with Crippen molar-refractivity contribution >= 4 is 5.69 Å². The molecule has 1 atom stereocenters. The summed E-state index contributed by atoms with van der Waals surface area (Å²) in [5.74, 6) is 0.638. The van der Waals surface area contributed by atoms with Gasteiger partial charge in [-0.25, -0.2) is 4.39 Å². The van der Waals surface area contributed by atoms with Gasteiger partial charge in [0.05, 0.1) is 0 Å². The summed E-state index contributed by atoms with van der Waals surface area (Å²) in [6.07, 6.45) is 2.66. The lowest BCUT2D eigenvalue weighted by Crippen LogP contribution is -2.37. The molecule has 94 valence electrons. The van der Waals surface area contributed by atoms with Gasteiger partial charge in [-0.3, -0.25) is 0 Å². The van der Waals surface area contributed by atoms with E-state index in [0.717, 1.165) is 24.7 Å². The van der Waals surface area contributed by atoms with Gasteiger partial charge in [0.1, 0.15) is 5.82 Å².